The van der Waals surface area contributed by atoms with Crippen LogP contribution >= 0.6 is 0 Å². The third-order valence-corrected chi connectivity index (χ3v) is 5.37. The zero-order valence-electron chi connectivity index (χ0n) is 16.8. The third-order valence-electron chi connectivity index (χ3n) is 5.37. The molecule has 0 spiro atoms. The molecule has 1 aliphatic rings. The molecule has 2 rings (SSSR count). The average Bonchev–Trinajstić information content (AvgIpc) is 2.99. The molecule has 1 aromatic rings. The highest BCUT2D eigenvalue weighted by Crippen LogP contribution is 2.24. The van der Waals surface area contributed by atoms with Gasteiger partial charge in [-0.3, -0.25) is 4.79 Å². The maximum Gasteiger partial charge on any atom is 0.355 e. The van der Waals surface area contributed by atoms with Crippen molar-refractivity contribution in [3.05, 3.63) is 22.5 Å². The molecule has 0 aliphatic heterocycles. The van der Waals surface area contributed by atoms with Gasteiger partial charge in [-0.15, -0.1) is 0 Å². The molecule has 1 heterocycles. The van der Waals surface area contributed by atoms with E-state index in [1.165, 1.54) is 13.5 Å². The van der Waals surface area contributed by atoms with E-state index in [4.69, 9.17) is 9.47 Å². The smallest absolute Gasteiger partial charge is 0.355 e. The zero-order chi connectivity index (χ0) is 20.1. The highest BCUT2D eigenvalue weighted by Gasteiger charge is 2.29. The normalized spacial score (nSPS) is 20.6. The van der Waals surface area contributed by atoms with E-state index in [-0.39, 0.29) is 17.6 Å². The molecule has 150 valence electrons. The molecule has 3 unspecified atom stereocenters. The van der Waals surface area contributed by atoms with E-state index >= 15 is 0 Å². The molecule has 1 amide bonds. The summed E-state index contributed by atoms with van der Waals surface area (Å²) >= 11 is 0. The Balaban J connectivity index is 2.06. The molecule has 1 aliphatic carbocycles. The number of ether oxygens (including phenoxy) is 2. The fourth-order valence-corrected chi connectivity index (χ4v) is 3.61. The number of hydrogen-bond donors (Lipinski definition) is 2. The maximum atomic E-state index is 12.5. The second-order valence-electron chi connectivity index (χ2n) is 7.25. The Hall–Kier alpha value is -2.31. The van der Waals surface area contributed by atoms with Gasteiger partial charge < -0.3 is 19.8 Å². The monoisotopic (exact) mass is 378 g/mol. The Morgan fingerprint density at radius 3 is 2.48 bits per heavy atom. The molecule has 0 aromatic carbocycles. The second kappa shape index (κ2) is 9.06. The van der Waals surface area contributed by atoms with Crippen LogP contribution in [0.2, 0.25) is 0 Å². The quantitative estimate of drug-likeness (QED) is 0.742. The number of esters is 2. The predicted octanol–water partition coefficient (Wildman–Crippen LogP) is 2.91. The first-order valence-electron chi connectivity index (χ1n) is 9.61. The van der Waals surface area contributed by atoms with Crippen LogP contribution in [0.15, 0.2) is 0 Å². The summed E-state index contributed by atoms with van der Waals surface area (Å²) in [6.45, 7) is 7.21. The lowest BCUT2D eigenvalue weighted by Crippen LogP contribution is -2.46. The fourth-order valence-electron chi connectivity index (χ4n) is 3.61. The molecule has 0 radical (unpaired) electrons. The van der Waals surface area contributed by atoms with Crippen molar-refractivity contribution in [3.8, 4) is 0 Å². The summed E-state index contributed by atoms with van der Waals surface area (Å²) < 4.78 is 10.1. The van der Waals surface area contributed by atoms with Crippen molar-refractivity contribution in [1.82, 2.24) is 10.3 Å². The number of aromatic amines is 1. The standard InChI is InChI=1S/C20H30N2O5/c1-6-14-16(19(24)26-5)12(3)17(21-14)20(25)27-13(4)18(23)22-15-10-8-7-9-11(15)2/h11,13,15,21H,6-10H2,1-5H3,(H,22,23). The number of carbonyl (C=O) groups excluding carboxylic acids is 3. The minimum atomic E-state index is -0.916. The van der Waals surface area contributed by atoms with Gasteiger partial charge in [0.2, 0.25) is 0 Å². The minimum Gasteiger partial charge on any atom is -0.465 e. The second-order valence-corrected chi connectivity index (χ2v) is 7.25. The van der Waals surface area contributed by atoms with E-state index in [9.17, 15) is 14.4 Å². The average molecular weight is 378 g/mol. The molecule has 0 saturated heterocycles. The highest BCUT2D eigenvalue weighted by atomic mass is 16.5. The molecule has 3 atom stereocenters. The zero-order valence-corrected chi connectivity index (χ0v) is 16.8. The summed E-state index contributed by atoms with van der Waals surface area (Å²) in [5.41, 5.74) is 1.61. The van der Waals surface area contributed by atoms with Gasteiger partial charge in [0, 0.05) is 11.7 Å². The Morgan fingerprint density at radius 2 is 1.89 bits per heavy atom. The summed E-state index contributed by atoms with van der Waals surface area (Å²) in [4.78, 5) is 39.9. The van der Waals surface area contributed by atoms with Crippen LogP contribution in [0, 0.1) is 12.8 Å². The number of aryl methyl sites for hydroxylation is 1. The maximum absolute atomic E-state index is 12.5. The van der Waals surface area contributed by atoms with Gasteiger partial charge in [-0.05, 0) is 44.6 Å². The van der Waals surface area contributed by atoms with Crippen LogP contribution in [0.4, 0.5) is 0 Å². The first-order chi connectivity index (χ1) is 12.8. The Morgan fingerprint density at radius 1 is 1.22 bits per heavy atom. The lowest BCUT2D eigenvalue weighted by Gasteiger charge is -2.30. The van der Waals surface area contributed by atoms with Crippen LogP contribution in [0.3, 0.4) is 0 Å². The van der Waals surface area contributed by atoms with Crippen molar-refractivity contribution < 1.29 is 23.9 Å². The molecule has 7 heteroatoms. The van der Waals surface area contributed by atoms with Gasteiger partial charge in [0.05, 0.1) is 12.7 Å². The summed E-state index contributed by atoms with van der Waals surface area (Å²) in [5, 5.41) is 2.99. The molecule has 27 heavy (non-hydrogen) atoms. The van der Waals surface area contributed by atoms with Crippen molar-refractivity contribution in [3.63, 3.8) is 0 Å². The van der Waals surface area contributed by atoms with Gasteiger partial charge in [-0.1, -0.05) is 26.7 Å². The number of amides is 1. The Kier molecular flexibility index (Phi) is 7.05. The number of carbonyl (C=O) groups is 3. The molecule has 1 fully saturated rings. The van der Waals surface area contributed by atoms with E-state index in [2.05, 4.69) is 17.2 Å². The highest BCUT2D eigenvalue weighted by molar-refractivity contribution is 5.99. The summed E-state index contributed by atoms with van der Waals surface area (Å²) in [6, 6.07) is 0.122. The minimum absolute atomic E-state index is 0.122. The van der Waals surface area contributed by atoms with E-state index in [0.29, 0.717) is 29.2 Å². The summed E-state index contributed by atoms with van der Waals surface area (Å²) in [5.74, 6) is -1.03. The van der Waals surface area contributed by atoms with Crippen LogP contribution in [0.25, 0.3) is 0 Å². The first kappa shape index (κ1) is 21.0. The molecular formula is C20H30N2O5. The summed E-state index contributed by atoms with van der Waals surface area (Å²) in [7, 11) is 1.30. The number of H-pyrrole nitrogens is 1. The van der Waals surface area contributed by atoms with Crippen molar-refractivity contribution in [2.24, 2.45) is 5.92 Å². The number of aromatic nitrogens is 1. The van der Waals surface area contributed by atoms with Crippen molar-refractivity contribution in [1.29, 1.82) is 0 Å². The van der Waals surface area contributed by atoms with Gasteiger partial charge in [0.25, 0.3) is 5.91 Å². The Bertz CT molecular complexity index is 709. The van der Waals surface area contributed by atoms with Crippen LogP contribution in [-0.2, 0) is 20.7 Å². The van der Waals surface area contributed by atoms with E-state index in [1.807, 2.05) is 6.92 Å². The molecule has 2 N–H and O–H groups in total. The summed E-state index contributed by atoms with van der Waals surface area (Å²) in [6.07, 6.45) is 3.95. The van der Waals surface area contributed by atoms with Crippen LogP contribution in [-0.4, -0.2) is 42.1 Å². The van der Waals surface area contributed by atoms with Gasteiger partial charge in [0.1, 0.15) is 5.69 Å². The molecule has 0 bridgehead atoms. The van der Waals surface area contributed by atoms with Crippen LogP contribution < -0.4 is 5.32 Å². The molecule has 1 saturated carbocycles. The number of rotatable bonds is 6. The first-order valence-corrected chi connectivity index (χ1v) is 9.61. The lowest BCUT2D eigenvalue weighted by molar-refractivity contribution is -0.130. The molecule has 7 nitrogen and oxygen atoms in total. The fraction of sp³-hybridized carbons (Fsp3) is 0.650. The van der Waals surface area contributed by atoms with E-state index in [1.54, 1.807) is 13.8 Å². The van der Waals surface area contributed by atoms with Gasteiger partial charge in [-0.25, -0.2) is 9.59 Å². The predicted molar refractivity (Wildman–Crippen MR) is 101 cm³/mol. The van der Waals surface area contributed by atoms with Crippen molar-refractivity contribution in [2.75, 3.05) is 7.11 Å². The molecular weight excluding hydrogens is 348 g/mol. The van der Waals surface area contributed by atoms with Crippen molar-refractivity contribution >= 4 is 17.8 Å². The lowest BCUT2D eigenvalue weighted by atomic mass is 9.86. The van der Waals surface area contributed by atoms with Crippen LogP contribution in [0.5, 0.6) is 0 Å². The Labute approximate surface area is 160 Å². The topological polar surface area (TPSA) is 97.5 Å². The number of methoxy groups -OCH3 is 1. The number of hydrogen-bond acceptors (Lipinski definition) is 5. The van der Waals surface area contributed by atoms with Gasteiger partial charge in [-0.2, -0.15) is 0 Å². The number of nitrogens with one attached hydrogen (secondary N) is 2. The SMILES string of the molecule is CCc1[nH]c(C(=O)OC(C)C(=O)NC2CCCCC2C)c(C)c1C(=O)OC. The largest absolute Gasteiger partial charge is 0.465 e. The van der Waals surface area contributed by atoms with Crippen LogP contribution in [0.1, 0.15) is 78.6 Å². The van der Waals surface area contributed by atoms with Gasteiger partial charge >= 0.3 is 11.9 Å². The van der Waals surface area contributed by atoms with Crippen molar-refractivity contribution in [2.45, 2.75) is 71.9 Å². The van der Waals surface area contributed by atoms with E-state index < -0.39 is 18.0 Å². The van der Waals surface area contributed by atoms with Gasteiger partial charge in [0.15, 0.2) is 6.10 Å². The third kappa shape index (κ3) is 4.70. The van der Waals surface area contributed by atoms with E-state index in [0.717, 1.165) is 19.3 Å². The molecule has 1 aromatic heterocycles.